The second-order valence-corrected chi connectivity index (χ2v) is 4.98. The van der Waals surface area contributed by atoms with Gasteiger partial charge in [-0.05, 0) is 26.0 Å². The van der Waals surface area contributed by atoms with E-state index in [1.165, 1.54) is 28.4 Å². The highest BCUT2D eigenvalue weighted by molar-refractivity contribution is 5.94. The molecule has 0 saturated heterocycles. The van der Waals surface area contributed by atoms with Crippen LogP contribution in [0.3, 0.4) is 0 Å². The van der Waals surface area contributed by atoms with Gasteiger partial charge in [0.1, 0.15) is 12.7 Å². The van der Waals surface area contributed by atoms with E-state index >= 15 is 0 Å². The Hall–Kier alpha value is -2.77. The summed E-state index contributed by atoms with van der Waals surface area (Å²) in [6.45, 7) is 3.85. The Morgan fingerprint density at radius 2 is 2.14 bits per heavy atom. The number of hydrogen-bond acceptors (Lipinski definition) is 5. The molecule has 8 heteroatoms. The third-order valence-electron chi connectivity index (χ3n) is 3.10. The van der Waals surface area contributed by atoms with Gasteiger partial charge in [-0.1, -0.05) is 0 Å². The summed E-state index contributed by atoms with van der Waals surface area (Å²) in [6.07, 6.45) is 4.27. The van der Waals surface area contributed by atoms with Crippen molar-refractivity contribution in [2.45, 2.75) is 26.3 Å². The van der Waals surface area contributed by atoms with Crippen LogP contribution in [0.5, 0.6) is 0 Å². The molecule has 8 nitrogen and oxygen atoms in total. The fourth-order valence-corrected chi connectivity index (χ4v) is 1.95. The molecule has 0 fully saturated rings. The number of hydrogen-bond donors (Lipinski definition) is 1. The molecule has 0 aromatic carbocycles. The van der Waals surface area contributed by atoms with Gasteiger partial charge in [-0.2, -0.15) is 5.10 Å². The van der Waals surface area contributed by atoms with Crippen molar-refractivity contribution < 1.29 is 14.7 Å². The second kappa shape index (κ2) is 6.79. The Kier molecular flexibility index (Phi) is 4.82. The molecule has 2 heterocycles. The van der Waals surface area contributed by atoms with Crippen LogP contribution in [0.25, 0.3) is 5.82 Å². The van der Waals surface area contributed by atoms with Gasteiger partial charge < -0.3 is 10.0 Å². The number of carbonyl (C=O) groups is 2. The molecule has 2 aromatic rings. The lowest BCUT2D eigenvalue weighted by molar-refractivity contribution is -0.137. The molecule has 1 N–H and O–H groups in total. The van der Waals surface area contributed by atoms with E-state index in [4.69, 9.17) is 5.11 Å². The van der Waals surface area contributed by atoms with Crippen LogP contribution in [0.2, 0.25) is 0 Å². The number of rotatable bonds is 6. The normalized spacial score (nSPS) is 10.7. The zero-order valence-electron chi connectivity index (χ0n) is 12.4. The van der Waals surface area contributed by atoms with Crippen molar-refractivity contribution in [3.8, 4) is 5.82 Å². The number of amides is 1. The molecule has 0 spiro atoms. The van der Waals surface area contributed by atoms with Crippen molar-refractivity contribution in [2.24, 2.45) is 0 Å². The SMILES string of the molecule is CC(C)N(CCC(=O)O)C(=O)c1ccc(-n2cncn2)nc1. The summed E-state index contributed by atoms with van der Waals surface area (Å²) < 4.78 is 1.49. The zero-order valence-corrected chi connectivity index (χ0v) is 12.4. The van der Waals surface area contributed by atoms with Crippen LogP contribution in [-0.2, 0) is 4.79 Å². The maximum atomic E-state index is 12.5. The van der Waals surface area contributed by atoms with Crippen molar-refractivity contribution in [3.05, 3.63) is 36.5 Å². The molecular weight excluding hydrogens is 286 g/mol. The molecule has 0 atom stereocenters. The van der Waals surface area contributed by atoms with Crippen LogP contribution in [0.4, 0.5) is 0 Å². The van der Waals surface area contributed by atoms with Crippen LogP contribution in [0, 0.1) is 0 Å². The lowest BCUT2D eigenvalue weighted by Gasteiger charge is -2.26. The first kappa shape index (κ1) is 15.6. The Morgan fingerprint density at radius 3 is 2.64 bits per heavy atom. The maximum absolute atomic E-state index is 12.5. The van der Waals surface area contributed by atoms with E-state index < -0.39 is 5.97 Å². The van der Waals surface area contributed by atoms with Gasteiger partial charge in [0.15, 0.2) is 5.82 Å². The minimum atomic E-state index is -0.932. The first-order valence-electron chi connectivity index (χ1n) is 6.83. The fourth-order valence-electron chi connectivity index (χ4n) is 1.95. The number of carbonyl (C=O) groups excluding carboxylic acids is 1. The molecule has 0 aliphatic rings. The van der Waals surface area contributed by atoms with E-state index in [0.29, 0.717) is 11.4 Å². The topological polar surface area (TPSA) is 101 Å². The molecule has 22 heavy (non-hydrogen) atoms. The molecule has 0 unspecified atom stereocenters. The van der Waals surface area contributed by atoms with Crippen LogP contribution in [0.15, 0.2) is 31.0 Å². The number of aromatic nitrogens is 4. The Balaban J connectivity index is 2.14. The van der Waals surface area contributed by atoms with E-state index in [-0.39, 0.29) is 24.9 Å². The first-order chi connectivity index (χ1) is 10.5. The van der Waals surface area contributed by atoms with Gasteiger partial charge in [-0.25, -0.2) is 14.6 Å². The molecule has 0 bridgehead atoms. The highest BCUT2D eigenvalue weighted by Crippen LogP contribution is 2.10. The quantitative estimate of drug-likeness (QED) is 0.854. The average Bonchev–Trinajstić information content (AvgIpc) is 3.01. The molecular formula is C14H17N5O3. The van der Waals surface area contributed by atoms with Gasteiger partial charge in [0.05, 0.1) is 12.0 Å². The lowest BCUT2D eigenvalue weighted by Crippen LogP contribution is -2.38. The minimum absolute atomic E-state index is 0.0889. The molecule has 0 saturated carbocycles. The number of pyridine rings is 1. The van der Waals surface area contributed by atoms with E-state index in [2.05, 4.69) is 15.1 Å². The molecule has 2 rings (SSSR count). The molecule has 0 aliphatic carbocycles. The fraction of sp³-hybridized carbons (Fsp3) is 0.357. The van der Waals surface area contributed by atoms with Crippen LogP contribution in [0.1, 0.15) is 30.6 Å². The predicted octanol–water partition coefficient (Wildman–Crippen LogP) is 0.988. The van der Waals surface area contributed by atoms with Crippen molar-refractivity contribution in [1.82, 2.24) is 24.6 Å². The monoisotopic (exact) mass is 303 g/mol. The molecule has 1 amide bonds. The predicted molar refractivity (Wildman–Crippen MR) is 77.6 cm³/mol. The van der Waals surface area contributed by atoms with Gasteiger partial charge in [0, 0.05) is 18.8 Å². The minimum Gasteiger partial charge on any atom is -0.481 e. The van der Waals surface area contributed by atoms with Gasteiger partial charge in [-0.15, -0.1) is 0 Å². The van der Waals surface area contributed by atoms with Crippen molar-refractivity contribution in [1.29, 1.82) is 0 Å². The van der Waals surface area contributed by atoms with Gasteiger partial charge in [-0.3, -0.25) is 9.59 Å². The van der Waals surface area contributed by atoms with E-state index in [1.54, 1.807) is 12.1 Å². The summed E-state index contributed by atoms with van der Waals surface area (Å²) in [6, 6.07) is 3.21. The summed E-state index contributed by atoms with van der Waals surface area (Å²) >= 11 is 0. The van der Waals surface area contributed by atoms with Crippen molar-refractivity contribution in [3.63, 3.8) is 0 Å². The maximum Gasteiger partial charge on any atom is 0.305 e. The van der Waals surface area contributed by atoms with Gasteiger partial charge in [0.2, 0.25) is 0 Å². The van der Waals surface area contributed by atoms with Gasteiger partial charge >= 0.3 is 5.97 Å². The smallest absolute Gasteiger partial charge is 0.305 e. The van der Waals surface area contributed by atoms with Crippen LogP contribution in [-0.4, -0.2) is 54.2 Å². The Labute approximate surface area is 127 Å². The second-order valence-electron chi connectivity index (χ2n) is 4.98. The van der Waals surface area contributed by atoms with Gasteiger partial charge in [0.25, 0.3) is 5.91 Å². The Bertz CT molecular complexity index is 637. The number of carboxylic acids is 1. The summed E-state index contributed by atoms with van der Waals surface area (Å²) in [5.41, 5.74) is 0.406. The van der Waals surface area contributed by atoms with Crippen LogP contribution >= 0.6 is 0 Å². The van der Waals surface area contributed by atoms with Crippen molar-refractivity contribution >= 4 is 11.9 Å². The largest absolute Gasteiger partial charge is 0.481 e. The number of carboxylic acid groups (broad SMARTS) is 1. The summed E-state index contributed by atoms with van der Waals surface area (Å²) in [5, 5.41) is 12.7. The third-order valence-corrected chi connectivity index (χ3v) is 3.10. The Morgan fingerprint density at radius 1 is 1.36 bits per heavy atom. The van der Waals surface area contributed by atoms with E-state index in [1.807, 2.05) is 13.8 Å². The number of aliphatic carboxylic acids is 1. The standard InChI is InChI=1S/C14H17N5O3/c1-10(2)18(6-5-13(20)21)14(22)11-3-4-12(16-7-11)19-9-15-8-17-19/h3-4,7-10H,5-6H2,1-2H3,(H,20,21). The van der Waals surface area contributed by atoms with Crippen molar-refractivity contribution in [2.75, 3.05) is 6.54 Å². The highest BCUT2D eigenvalue weighted by atomic mass is 16.4. The zero-order chi connectivity index (χ0) is 16.1. The highest BCUT2D eigenvalue weighted by Gasteiger charge is 2.20. The molecule has 0 radical (unpaired) electrons. The average molecular weight is 303 g/mol. The summed E-state index contributed by atoms with van der Waals surface area (Å²) in [7, 11) is 0. The van der Waals surface area contributed by atoms with E-state index in [0.717, 1.165) is 0 Å². The molecule has 116 valence electrons. The number of nitrogens with zero attached hydrogens (tertiary/aromatic N) is 5. The lowest BCUT2D eigenvalue weighted by atomic mass is 10.2. The van der Waals surface area contributed by atoms with Crippen LogP contribution < -0.4 is 0 Å². The first-order valence-corrected chi connectivity index (χ1v) is 6.83. The summed E-state index contributed by atoms with van der Waals surface area (Å²) in [5.74, 6) is -0.623. The third kappa shape index (κ3) is 3.66. The molecule has 0 aliphatic heterocycles. The van der Waals surface area contributed by atoms with E-state index in [9.17, 15) is 9.59 Å². The summed E-state index contributed by atoms with van der Waals surface area (Å²) in [4.78, 5) is 32.7. The molecule has 2 aromatic heterocycles.